The van der Waals surface area contributed by atoms with E-state index in [9.17, 15) is 0 Å². The first kappa shape index (κ1) is 15.8. The summed E-state index contributed by atoms with van der Waals surface area (Å²) in [5.41, 5.74) is 7.05. The average Bonchev–Trinajstić information content (AvgIpc) is 2.46. The summed E-state index contributed by atoms with van der Waals surface area (Å²) >= 11 is 0. The van der Waals surface area contributed by atoms with Gasteiger partial charge in [-0.15, -0.1) is 0 Å². The van der Waals surface area contributed by atoms with Gasteiger partial charge in [0.05, 0.1) is 6.10 Å². The summed E-state index contributed by atoms with van der Waals surface area (Å²) in [7, 11) is 0. The summed E-state index contributed by atoms with van der Waals surface area (Å²) in [6.45, 7) is 4.48. The summed E-state index contributed by atoms with van der Waals surface area (Å²) in [5.74, 6) is 1.33. The van der Waals surface area contributed by atoms with Gasteiger partial charge in [0.1, 0.15) is 0 Å². The van der Waals surface area contributed by atoms with Crippen molar-refractivity contribution in [2.45, 2.75) is 38.7 Å². The molecule has 116 valence electrons. The fourth-order valence-electron chi connectivity index (χ4n) is 2.33. The Morgan fingerprint density at radius 1 is 1.38 bits per heavy atom. The van der Waals surface area contributed by atoms with Crippen molar-refractivity contribution < 1.29 is 4.74 Å². The molecule has 1 aliphatic carbocycles. The Labute approximate surface area is 127 Å². The van der Waals surface area contributed by atoms with E-state index in [0.29, 0.717) is 5.96 Å². The first-order chi connectivity index (χ1) is 10.3. The Kier molecular flexibility index (Phi) is 6.54. The van der Waals surface area contributed by atoms with Crippen molar-refractivity contribution in [1.82, 2.24) is 5.32 Å². The Hall–Kier alpha value is -1.55. The summed E-state index contributed by atoms with van der Waals surface area (Å²) < 4.78 is 5.81. The summed E-state index contributed by atoms with van der Waals surface area (Å²) in [5, 5.41) is 3.15. The molecule has 1 aromatic rings. The van der Waals surface area contributed by atoms with Crippen molar-refractivity contribution in [2.75, 3.05) is 19.7 Å². The van der Waals surface area contributed by atoms with E-state index in [1.165, 1.54) is 24.8 Å². The monoisotopic (exact) mass is 289 g/mol. The largest absolute Gasteiger partial charge is 0.374 e. The normalized spacial score (nSPS) is 17.3. The molecule has 4 nitrogen and oxygen atoms in total. The maximum atomic E-state index is 5.83. The molecule has 2 rings (SSSR count). The molecular weight excluding hydrogens is 262 g/mol. The number of hydrogen-bond donors (Lipinski definition) is 2. The van der Waals surface area contributed by atoms with Crippen LogP contribution in [0.2, 0.25) is 0 Å². The van der Waals surface area contributed by atoms with Crippen molar-refractivity contribution >= 4 is 5.96 Å². The predicted molar refractivity (Wildman–Crippen MR) is 87.3 cm³/mol. The Bertz CT molecular complexity index is 429. The molecule has 1 fully saturated rings. The molecule has 3 N–H and O–H groups in total. The lowest BCUT2D eigenvalue weighted by Gasteiger charge is -2.23. The van der Waals surface area contributed by atoms with Crippen LogP contribution in [0.3, 0.4) is 0 Å². The zero-order chi connectivity index (χ0) is 14.9. The number of guanidine groups is 1. The van der Waals surface area contributed by atoms with Crippen LogP contribution in [0.25, 0.3) is 0 Å². The molecule has 1 unspecified atom stereocenters. The van der Waals surface area contributed by atoms with Crippen LogP contribution in [0.5, 0.6) is 0 Å². The highest BCUT2D eigenvalue weighted by Crippen LogP contribution is 2.26. The lowest BCUT2D eigenvalue weighted by molar-refractivity contribution is 0.0646. The number of aliphatic imine (C=N–C) groups is 1. The zero-order valence-corrected chi connectivity index (χ0v) is 12.9. The summed E-state index contributed by atoms with van der Waals surface area (Å²) in [6.07, 6.45) is 5.03. The number of rotatable bonds is 8. The number of ether oxygens (including phenoxy) is 1. The molecule has 0 bridgehead atoms. The van der Waals surface area contributed by atoms with Crippen LogP contribution in [-0.4, -0.2) is 25.7 Å². The smallest absolute Gasteiger partial charge is 0.188 e. The fraction of sp³-hybridized carbons (Fsp3) is 0.588. The van der Waals surface area contributed by atoms with Crippen LogP contribution in [0, 0.1) is 5.92 Å². The summed E-state index contributed by atoms with van der Waals surface area (Å²) in [6, 6.07) is 10.3. The van der Waals surface area contributed by atoms with E-state index in [1.807, 2.05) is 18.2 Å². The number of benzene rings is 1. The van der Waals surface area contributed by atoms with E-state index in [-0.39, 0.29) is 6.10 Å². The van der Waals surface area contributed by atoms with Gasteiger partial charge in [-0.2, -0.15) is 0 Å². The molecule has 4 heteroatoms. The van der Waals surface area contributed by atoms with E-state index in [2.05, 4.69) is 29.4 Å². The standard InChI is InChI=1S/C17H27N3O/c1-14(16-9-3-2-4-10-16)21-12-6-11-19-17(18)20-13-15-7-5-8-15/h2-4,9-10,14-15H,5-8,11-13H2,1H3,(H3,18,19,20). The van der Waals surface area contributed by atoms with Gasteiger partial charge in [-0.25, -0.2) is 0 Å². The number of nitrogens with two attached hydrogens (primary N) is 1. The van der Waals surface area contributed by atoms with Crippen molar-refractivity contribution in [2.24, 2.45) is 16.6 Å². The minimum Gasteiger partial charge on any atom is -0.374 e. The van der Waals surface area contributed by atoms with Gasteiger partial charge in [0.15, 0.2) is 5.96 Å². The van der Waals surface area contributed by atoms with E-state index in [4.69, 9.17) is 10.5 Å². The van der Waals surface area contributed by atoms with Gasteiger partial charge in [-0.05, 0) is 37.7 Å². The lowest BCUT2D eigenvalue weighted by atomic mass is 9.86. The molecule has 1 saturated carbocycles. The van der Waals surface area contributed by atoms with E-state index in [0.717, 1.165) is 32.0 Å². The van der Waals surface area contributed by atoms with Crippen LogP contribution < -0.4 is 11.1 Å². The third-order valence-corrected chi connectivity index (χ3v) is 4.01. The molecule has 0 amide bonds. The van der Waals surface area contributed by atoms with E-state index >= 15 is 0 Å². The Balaban J connectivity index is 1.53. The fourth-order valence-corrected chi connectivity index (χ4v) is 2.33. The Morgan fingerprint density at radius 2 is 2.14 bits per heavy atom. The zero-order valence-electron chi connectivity index (χ0n) is 12.9. The first-order valence-electron chi connectivity index (χ1n) is 7.96. The molecule has 21 heavy (non-hydrogen) atoms. The minimum atomic E-state index is 0.135. The summed E-state index contributed by atoms with van der Waals surface area (Å²) in [4.78, 5) is 4.37. The highest BCUT2D eigenvalue weighted by molar-refractivity contribution is 5.77. The highest BCUT2D eigenvalue weighted by atomic mass is 16.5. The minimum absolute atomic E-state index is 0.135. The average molecular weight is 289 g/mol. The molecule has 0 spiro atoms. The van der Waals surface area contributed by atoms with Crippen LogP contribution in [0.15, 0.2) is 35.3 Å². The topological polar surface area (TPSA) is 59.6 Å². The van der Waals surface area contributed by atoms with Gasteiger partial charge >= 0.3 is 0 Å². The molecule has 0 aromatic heterocycles. The van der Waals surface area contributed by atoms with Gasteiger partial charge in [-0.3, -0.25) is 4.99 Å². The molecule has 0 saturated heterocycles. The van der Waals surface area contributed by atoms with Gasteiger partial charge in [0.25, 0.3) is 0 Å². The van der Waals surface area contributed by atoms with Crippen molar-refractivity contribution in [1.29, 1.82) is 0 Å². The molecule has 0 aliphatic heterocycles. The van der Waals surface area contributed by atoms with Crippen LogP contribution in [0.1, 0.15) is 44.3 Å². The van der Waals surface area contributed by atoms with Crippen LogP contribution in [0.4, 0.5) is 0 Å². The van der Waals surface area contributed by atoms with Crippen molar-refractivity contribution in [3.05, 3.63) is 35.9 Å². The second-order valence-corrected chi connectivity index (χ2v) is 5.73. The SMILES string of the molecule is CC(OCCCNC(N)=NCC1CCC1)c1ccccc1. The van der Waals surface area contributed by atoms with Crippen LogP contribution >= 0.6 is 0 Å². The molecule has 1 aromatic carbocycles. The molecule has 1 atom stereocenters. The number of nitrogens with zero attached hydrogens (tertiary/aromatic N) is 1. The van der Waals surface area contributed by atoms with Gasteiger partial charge in [0, 0.05) is 19.7 Å². The third-order valence-electron chi connectivity index (χ3n) is 4.01. The van der Waals surface area contributed by atoms with Gasteiger partial charge < -0.3 is 15.8 Å². The second-order valence-electron chi connectivity index (χ2n) is 5.73. The van der Waals surface area contributed by atoms with Gasteiger partial charge in [0.2, 0.25) is 0 Å². The number of hydrogen-bond acceptors (Lipinski definition) is 2. The van der Waals surface area contributed by atoms with E-state index < -0.39 is 0 Å². The highest BCUT2D eigenvalue weighted by Gasteiger charge is 2.16. The maximum Gasteiger partial charge on any atom is 0.188 e. The van der Waals surface area contributed by atoms with E-state index in [1.54, 1.807) is 0 Å². The number of nitrogens with one attached hydrogen (secondary N) is 1. The van der Waals surface area contributed by atoms with Gasteiger partial charge in [-0.1, -0.05) is 36.8 Å². The third kappa shape index (κ3) is 5.76. The lowest BCUT2D eigenvalue weighted by Crippen LogP contribution is -2.33. The maximum absolute atomic E-state index is 5.83. The van der Waals surface area contributed by atoms with Crippen molar-refractivity contribution in [3.63, 3.8) is 0 Å². The molecule has 1 aliphatic rings. The molecule has 0 radical (unpaired) electrons. The Morgan fingerprint density at radius 3 is 2.81 bits per heavy atom. The van der Waals surface area contributed by atoms with Crippen molar-refractivity contribution in [3.8, 4) is 0 Å². The second kappa shape index (κ2) is 8.67. The first-order valence-corrected chi connectivity index (χ1v) is 7.96. The quantitative estimate of drug-likeness (QED) is 0.439. The van der Waals surface area contributed by atoms with Crippen LogP contribution in [-0.2, 0) is 4.74 Å². The molecule has 0 heterocycles. The predicted octanol–water partition coefficient (Wildman–Crippen LogP) is 2.86. The molecular formula is C17H27N3O.